The number of likely N-dealkylation sites (tertiary alicyclic amines) is 2. The lowest BCUT2D eigenvalue weighted by molar-refractivity contribution is -0.133. The topological polar surface area (TPSA) is 78.4 Å². The van der Waals surface area contributed by atoms with Gasteiger partial charge in [-0.1, -0.05) is 0 Å². The fourth-order valence-corrected chi connectivity index (χ4v) is 4.43. The van der Waals surface area contributed by atoms with Gasteiger partial charge in [0.05, 0.1) is 11.6 Å². The van der Waals surface area contributed by atoms with Crippen LogP contribution in [-0.2, 0) is 16.0 Å². The van der Waals surface area contributed by atoms with Gasteiger partial charge >= 0.3 is 0 Å². The van der Waals surface area contributed by atoms with Crippen molar-refractivity contribution >= 4 is 11.8 Å². The highest BCUT2D eigenvalue weighted by molar-refractivity contribution is 5.79. The summed E-state index contributed by atoms with van der Waals surface area (Å²) in [7, 11) is 0. The van der Waals surface area contributed by atoms with Crippen LogP contribution in [0.3, 0.4) is 0 Å². The number of hydrogen-bond acceptors (Lipinski definition) is 5. The molecule has 4 rings (SSSR count). The molecule has 2 amide bonds. The van der Waals surface area contributed by atoms with Gasteiger partial charge in [0.15, 0.2) is 0 Å². The van der Waals surface area contributed by atoms with Gasteiger partial charge in [-0.05, 0) is 51.5 Å². The minimum absolute atomic E-state index is 0.140. The second kappa shape index (κ2) is 8.99. The zero-order chi connectivity index (χ0) is 19.3. The summed E-state index contributed by atoms with van der Waals surface area (Å²) in [5.41, 5.74) is 0.870. The number of aryl methyl sites for hydroxylation is 1. The molecule has 3 fully saturated rings. The van der Waals surface area contributed by atoms with Gasteiger partial charge in [0.2, 0.25) is 11.8 Å². The van der Waals surface area contributed by atoms with Crippen LogP contribution in [0, 0.1) is 5.92 Å². The zero-order valence-corrected chi connectivity index (χ0v) is 16.6. The van der Waals surface area contributed by atoms with E-state index in [0.717, 1.165) is 70.4 Å². The summed E-state index contributed by atoms with van der Waals surface area (Å²) in [5, 5.41) is 3.17. The molecule has 1 N–H and O–H groups in total. The Hall–Kier alpha value is -2.02. The molecule has 0 bridgehead atoms. The van der Waals surface area contributed by atoms with E-state index in [9.17, 15) is 9.59 Å². The molecule has 0 radical (unpaired) electrons. The van der Waals surface area contributed by atoms with E-state index in [-0.39, 0.29) is 17.7 Å². The van der Waals surface area contributed by atoms with Crippen molar-refractivity contribution in [3.63, 3.8) is 0 Å². The largest absolute Gasteiger partial charge is 0.353 e. The lowest BCUT2D eigenvalue weighted by Gasteiger charge is -2.42. The van der Waals surface area contributed by atoms with Crippen molar-refractivity contribution < 1.29 is 9.59 Å². The smallest absolute Gasteiger partial charge is 0.224 e. The van der Waals surface area contributed by atoms with Crippen LogP contribution in [0.25, 0.3) is 0 Å². The molecular weight excluding hydrogens is 354 g/mol. The van der Waals surface area contributed by atoms with E-state index in [0.29, 0.717) is 24.9 Å². The predicted octanol–water partition coefficient (Wildman–Crippen LogP) is 1.39. The fraction of sp³-hybridized carbons (Fsp3) is 0.714. The number of amides is 2. The maximum absolute atomic E-state index is 12.5. The summed E-state index contributed by atoms with van der Waals surface area (Å²) in [6.07, 6.45) is 12.6. The van der Waals surface area contributed by atoms with E-state index < -0.39 is 0 Å². The Morgan fingerprint density at radius 1 is 1.07 bits per heavy atom. The third kappa shape index (κ3) is 5.07. The normalized spacial score (nSPS) is 24.1. The first-order chi connectivity index (χ1) is 13.7. The van der Waals surface area contributed by atoms with Crippen LogP contribution < -0.4 is 5.32 Å². The molecular formula is C21H31N5O2. The Bertz CT molecular complexity index is 671. The summed E-state index contributed by atoms with van der Waals surface area (Å²) in [5.74, 6) is 0.606. The van der Waals surface area contributed by atoms with Gasteiger partial charge in [0.1, 0.15) is 0 Å². The monoisotopic (exact) mass is 385 g/mol. The van der Waals surface area contributed by atoms with Crippen molar-refractivity contribution in [2.24, 2.45) is 5.92 Å². The van der Waals surface area contributed by atoms with Gasteiger partial charge < -0.3 is 10.2 Å². The Balaban J connectivity index is 1.21. The lowest BCUT2D eigenvalue weighted by atomic mass is 9.93. The van der Waals surface area contributed by atoms with Crippen LogP contribution in [0.2, 0.25) is 0 Å². The van der Waals surface area contributed by atoms with E-state index in [1.54, 1.807) is 18.6 Å². The van der Waals surface area contributed by atoms with Crippen LogP contribution in [0.4, 0.5) is 0 Å². The molecule has 7 nitrogen and oxygen atoms in total. The number of carbonyl (C=O) groups is 2. The summed E-state index contributed by atoms with van der Waals surface area (Å²) < 4.78 is 0. The lowest BCUT2D eigenvalue weighted by Crippen LogP contribution is -2.51. The quantitative estimate of drug-likeness (QED) is 0.801. The zero-order valence-electron chi connectivity index (χ0n) is 16.6. The fourth-order valence-electron chi connectivity index (χ4n) is 4.43. The van der Waals surface area contributed by atoms with Crippen molar-refractivity contribution in [3.05, 3.63) is 24.3 Å². The number of aromatic nitrogens is 2. The van der Waals surface area contributed by atoms with Crippen molar-refractivity contribution in [2.45, 2.75) is 63.5 Å². The predicted molar refractivity (Wildman–Crippen MR) is 105 cm³/mol. The van der Waals surface area contributed by atoms with Crippen LogP contribution in [0.1, 0.15) is 50.6 Å². The molecule has 28 heavy (non-hydrogen) atoms. The Kier molecular flexibility index (Phi) is 6.20. The van der Waals surface area contributed by atoms with Crippen LogP contribution in [-0.4, -0.2) is 69.8 Å². The molecule has 0 spiro atoms. The maximum Gasteiger partial charge on any atom is 0.224 e. The molecule has 3 heterocycles. The van der Waals surface area contributed by atoms with Gasteiger partial charge in [0, 0.05) is 56.7 Å². The van der Waals surface area contributed by atoms with E-state index in [4.69, 9.17) is 0 Å². The maximum atomic E-state index is 12.5. The third-order valence-corrected chi connectivity index (χ3v) is 6.29. The van der Waals surface area contributed by atoms with E-state index in [1.807, 2.05) is 4.90 Å². The standard InChI is InChI=1S/C21H31N5O2/c27-20(6-5-18-14-22-9-10-23-18)25-12-7-19(8-13-25)26-11-1-2-16(15-26)21(28)24-17-3-4-17/h9-10,14,16-17,19H,1-8,11-13,15H2,(H,24,28)/t16-/m0/s1. The van der Waals surface area contributed by atoms with Crippen molar-refractivity contribution in [3.8, 4) is 0 Å². The minimum atomic E-state index is 0.140. The molecule has 152 valence electrons. The Morgan fingerprint density at radius 3 is 2.61 bits per heavy atom. The first-order valence-electron chi connectivity index (χ1n) is 10.8. The average Bonchev–Trinajstić information content (AvgIpc) is 3.57. The summed E-state index contributed by atoms with van der Waals surface area (Å²) >= 11 is 0. The second-order valence-corrected chi connectivity index (χ2v) is 8.43. The van der Waals surface area contributed by atoms with Gasteiger partial charge in [-0.25, -0.2) is 0 Å². The second-order valence-electron chi connectivity index (χ2n) is 8.43. The highest BCUT2D eigenvalue weighted by Crippen LogP contribution is 2.26. The molecule has 1 atom stereocenters. The number of nitrogens with zero attached hydrogens (tertiary/aromatic N) is 4. The van der Waals surface area contributed by atoms with E-state index in [2.05, 4.69) is 20.2 Å². The van der Waals surface area contributed by atoms with E-state index >= 15 is 0 Å². The number of piperidine rings is 2. The van der Waals surface area contributed by atoms with Crippen molar-refractivity contribution in [2.75, 3.05) is 26.2 Å². The summed E-state index contributed by atoms with van der Waals surface area (Å²) in [6, 6.07) is 0.944. The summed E-state index contributed by atoms with van der Waals surface area (Å²) in [4.78, 5) is 37.7. The molecule has 0 unspecified atom stereocenters. The van der Waals surface area contributed by atoms with Gasteiger partial charge in [0.25, 0.3) is 0 Å². The third-order valence-electron chi connectivity index (χ3n) is 6.29. The number of hydrogen-bond donors (Lipinski definition) is 1. The number of rotatable bonds is 6. The SMILES string of the molecule is O=C(NC1CC1)[C@H]1CCCN(C2CCN(C(=O)CCc3cnccn3)CC2)C1. The van der Waals surface area contributed by atoms with Crippen LogP contribution >= 0.6 is 0 Å². The molecule has 2 aliphatic heterocycles. The Morgan fingerprint density at radius 2 is 1.89 bits per heavy atom. The molecule has 1 aliphatic carbocycles. The highest BCUT2D eigenvalue weighted by Gasteiger charge is 2.34. The van der Waals surface area contributed by atoms with Crippen molar-refractivity contribution in [1.82, 2.24) is 25.1 Å². The minimum Gasteiger partial charge on any atom is -0.353 e. The molecule has 2 saturated heterocycles. The van der Waals surface area contributed by atoms with Crippen molar-refractivity contribution in [1.29, 1.82) is 0 Å². The Labute approximate surface area is 166 Å². The molecule has 3 aliphatic rings. The molecule has 0 aromatic carbocycles. The number of carbonyl (C=O) groups excluding carboxylic acids is 2. The molecule has 1 aromatic rings. The molecule has 1 saturated carbocycles. The summed E-state index contributed by atoms with van der Waals surface area (Å²) in [6.45, 7) is 3.60. The van der Waals surface area contributed by atoms with Crippen LogP contribution in [0.5, 0.6) is 0 Å². The van der Waals surface area contributed by atoms with Crippen LogP contribution in [0.15, 0.2) is 18.6 Å². The van der Waals surface area contributed by atoms with E-state index in [1.165, 1.54) is 0 Å². The highest BCUT2D eigenvalue weighted by atomic mass is 16.2. The average molecular weight is 386 g/mol. The van der Waals surface area contributed by atoms with Gasteiger partial charge in [-0.3, -0.25) is 24.5 Å². The molecule has 7 heteroatoms. The molecule has 1 aromatic heterocycles. The first-order valence-corrected chi connectivity index (χ1v) is 10.8. The van der Waals surface area contributed by atoms with Gasteiger partial charge in [-0.15, -0.1) is 0 Å². The first kappa shape index (κ1) is 19.3. The van der Waals surface area contributed by atoms with Gasteiger partial charge in [-0.2, -0.15) is 0 Å². The number of nitrogens with one attached hydrogen (secondary N) is 1.